The van der Waals surface area contributed by atoms with Gasteiger partial charge < -0.3 is 15.1 Å². The van der Waals surface area contributed by atoms with Crippen molar-refractivity contribution in [2.75, 3.05) is 13.1 Å². The molecular formula is C21H21F3N4O. The summed E-state index contributed by atoms with van der Waals surface area (Å²) in [7, 11) is 0. The van der Waals surface area contributed by atoms with Crippen LogP contribution in [0.4, 0.5) is 13.2 Å². The van der Waals surface area contributed by atoms with Crippen molar-refractivity contribution >= 4 is 5.96 Å². The molecule has 0 radical (unpaired) electrons. The number of benzene rings is 2. The molecule has 0 unspecified atom stereocenters. The lowest BCUT2D eigenvalue weighted by atomic mass is 10.2. The molecule has 0 atom stereocenters. The first kappa shape index (κ1) is 20.4. The third-order valence-corrected chi connectivity index (χ3v) is 4.08. The molecule has 2 aromatic carbocycles. The zero-order valence-electron chi connectivity index (χ0n) is 15.9. The Labute approximate surface area is 166 Å². The molecule has 2 N–H and O–H groups in total. The van der Waals surface area contributed by atoms with Gasteiger partial charge in [-0.3, -0.25) is 0 Å². The molecule has 0 spiro atoms. The van der Waals surface area contributed by atoms with Crippen LogP contribution in [0.15, 0.2) is 58.1 Å². The Morgan fingerprint density at radius 2 is 1.79 bits per heavy atom. The molecule has 0 bridgehead atoms. The zero-order valence-corrected chi connectivity index (χ0v) is 15.9. The van der Waals surface area contributed by atoms with Crippen LogP contribution in [0.2, 0.25) is 0 Å². The van der Waals surface area contributed by atoms with E-state index in [0.717, 1.165) is 23.9 Å². The van der Waals surface area contributed by atoms with E-state index in [2.05, 4.69) is 20.6 Å². The largest absolute Gasteiger partial charge is 0.444 e. The maximum Gasteiger partial charge on any atom is 0.226 e. The summed E-state index contributed by atoms with van der Waals surface area (Å²) in [5.74, 6) is -0.418. The van der Waals surface area contributed by atoms with E-state index in [4.69, 9.17) is 4.42 Å². The maximum atomic E-state index is 13.7. The second-order valence-corrected chi connectivity index (χ2v) is 6.26. The van der Waals surface area contributed by atoms with Crippen LogP contribution in [0.25, 0.3) is 11.5 Å². The van der Waals surface area contributed by atoms with Gasteiger partial charge in [0.15, 0.2) is 5.96 Å². The van der Waals surface area contributed by atoms with Crippen molar-refractivity contribution in [3.63, 3.8) is 0 Å². The zero-order chi connectivity index (χ0) is 20.6. The summed E-state index contributed by atoms with van der Waals surface area (Å²) in [5.41, 5.74) is 1.60. The predicted octanol–water partition coefficient (Wildman–Crippen LogP) is 4.06. The number of halogens is 3. The van der Waals surface area contributed by atoms with Crippen molar-refractivity contribution < 1.29 is 17.6 Å². The van der Waals surface area contributed by atoms with Gasteiger partial charge in [0.05, 0.1) is 12.2 Å². The van der Waals surface area contributed by atoms with Crippen molar-refractivity contribution in [2.24, 2.45) is 4.99 Å². The minimum absolute atomic E-state index is 0.0115. The van der Waals surface area contributed by atoms with Crippen LogP contribution in [0.1, 0.15) is 18.2 Å². The number of hydrogen-bond donors (Lipinski definition) is 2. The number of rotatable bonds is 7. The van der Waals surface area contributed by atoms with E-state index in [9.17, 15) is 13.2 Å². The first-order chi connectivity index (χ1) is 14.0. The second-order valence-electron chi connectivity index (χ2n) is 6.26. The van der Waals surface area contributed by atoms with Gasteiger partial charge in [0.25, 0.3) is 0 Å². The number of aliphatic imine (C=N–C) groups is 1. The van der Waals surface area contributed by atoms with Crippen molar-refractivity contribution in [1.29, 1.82) is 0 Å². The van der Waals surface area contributed by atoms with Gasteiger partial charge in [0.2, 0.25) is 5.89 Å². The van der Waals surface area contributed by atoms with E-state index in [1.807, 2.05) is 6.92 Å². The smallest absolute Gasteiger partial charge is 0.226 e. The quantitative estimate of drug-likeness (QED) is 0.462. The van der Waals surface area contributed by atoms with Gasteiger partial charge in [-0.15, -0.1) is 0 Å². The SMILES string of the molecule is CCNC(=NCc1cc(F)ccc1F)NCCc1coc(-c2ccc(F)cc2)n1. The standard InChI is InChI=1S/C21H21F3N4O/c1-2-25-21(27-12-15-11-17(23)7-8-19(15)24)26-10-9-18-13-29-20(28-18)14-3-5-16(22)6-4-14/h3-8,11,13H,2,9-10,12H2,1H3,(H2,25,26,27). The normalized spacial score (nSPS) is 11.5. The highest BCUT2D eigenvalue weighted by atomic mass is 19.1. The summed E-state index contributed by atoms with van der Waals surface area (Å²) in [5, 5.41) is 6.17. The third-order valence-electron chi connectivity index (χ3n) is 4.08. The van der Waals surface area contributed by atoms with Gasteiger partial charge in [-0.25, -0.2) is 23.1 Å². The fraction of sp³-hybridized carbons (Fsp3) is 0.238. The van der Waals surface area contributed by atoms with E-state index < -0.39 is 11.6 Å². The van der Waals surface area contributed by atoms with E-state index in [1.165, 1.54) is 12.1 Å². The lowest BCUT2D eigenvalue weighted by molar-refractivity contribution is 0.571. The first-order valence-corrected chi connectivity index (χ1v) is 9.21. The molecule has 0 aliphatic carbocycles. The van der Waals surface area contributed by atoms with Crippen LogP contribution in [0.5, 0.6) is 0 Å². The van der Waals surface area contributed by atoms with E-state index in [-0.39, 0.29) is 17.9 Å². The van der Waals surface area contributed by atoms with Gasteiger partial charge in [-0.05, 0) is 49.4 Å². The van der Waals surface area contributed by atoms with E-state index in [0.29, 0.717) is 36.9 Å². The monoisotopic (exact) mass is 402 g/mol. The molecule has 8 heteroatoms. The average Bonchev–Trinajstić information content (AvgIpc) is 3.18. The average molecular weight is 402 g/mol. The summed E-state index contributed by atoms with van der Waals surface area (Å²) in [6.45, 7) is 3.05. The highest BCUT2D eigenvalue weighted by molar-refractivity contribution is 5.79. The molecule has 152 valence electrons. The number of oxazole rings is 1. The summed E-state index contributed by atoms with van der Waals surface area (Å²) in [6, 6.07) is 9.20. The fourth-order valence-corrected chi connectivity index (χ4v) is 2.63. The maximum absolute atomic E-state index is 13.7. The lowest BCUT2D eigenvalue weighted by Crippen LogP contribution is -2.38. The molecule has 3 rings (SSSR count). The number of nitrogens with zero attached hydrogens (tertiary/aromatic N) is 2. The molecule has 0 aliphatic heterocycles. The Bertz CT molecular complexity index is 970. The van der Waals surface area contributed by atoms with Crippen LogP contribution < -0.4 is 10.6 Å². The molecule has 1 aromatic heterocycles. The molecule has 0 saturated heterocycles. The molecule has 0 saturated carbocycles. The Hall–Kier alpha value is -3.29. The topological polar surface area (TPSA) is 62.5 Å². The summed E-state index contributed by atoms with van der Waals surface area (Å²) in [6.07, 6.45) is 2.11. The second kappa shape index (κ2) is 9.77. The van der Waals surface area contributed by atoms with Crippen LogP contribution in [0.3, 0.4) is 0 Å². The van der Waals surface area contributed by atoms with Crippen LogP contribution in [-0.2, 0) is 13.0 Å². The van der Waals surface area contributed by atoms with Crippen molar-refractivity contribution in [1.82, 2.24) is 15.6 Å². The van der Waals surface area contributed by atoms with Crippen LogP contribution in [-0.4, -0.2) is 24.0 Å². The Kier molecular flexibility index (Phi) is 6.89. The van der Waals surface area contributed by atoms with Crippen LogP contribution in [0, 0.1) is 17.5 Å². The third kappa shape index (κ3) is 5.84. The Balaban J connectivity index is 1.57. The lowest BCUT2D eigenvalue weighted by Gasteiger charge is -2.10. The Morgan fingerprint density at radius 1 is 1.03 bits per heavy atom. The minimum atomic E-state index is -0.502. The van der Waals surface area contributed by atoms with Gasteiger partial charge in [0.1, 0.15) is 23.7 Å². The molecule has 0 aliphatic rings. The highest BCUT2D eigenvalue weighted by Gasteiger charge is 2.08. The number of aromatic nitrogens is 1. The first-order valence-electron chi connectivity index (χ1n) is 9.21. The number of hydrogen-bond acceptors (Lipinski definition) is 3. The molecular weight excluding hydrogens is 381 g/mol. The van der Waals surface area contributed by atoms with Gasteiger partial charge in [0, 0.05) is 30.6 Å². The Morgan fingerprint density at radius 3 is 2.55 bits per heavy atom. The molecule has 5 nitrogen and oxygen atoms in total. The van der Waals surface area contributed by atoms with E-state index in [1.54, 1.807) is 18.4 Å². The summed E-state index contributed by atoms with van der Waals surface area (Å²) >= 11 is 0. The summed E-state index contributed by atoms with van der Waals surface area (Å²) < 4.78 is 45.5. The van der Waals surface area contributed by atoms with Crippen molar-refractivity contribution in [3.05, 3.63) is 77.4 Å². The molecule has 3 aromatic rings. The molecule has 0 amide bonds. The van der Waals surface area contributed by atoms with Crippen LogP contribution >= 0.6 is 0 Å². The number of guanidine groups is 1. The van der Waals surface area contributed by atoms with Gasteiger partial charge in [-0.1, -0.05) is 0 Å². The summed E-state index contributed by atoms with van der Waals surface area (Å²) in [4.78, 5) is 8.67. The van der Waals surface area contributed by atoms with Crippen molar-refractivity contribution in [2.45, 2.75) is 19.9 Å². The fourth-order valence-electron chi connectivity index (χ4n) is 2.63. The molecule has 0 fully saturated rings. The highest BCUT2D eigenvalue weighted by Crippen LogP contribution is 2.19. The number of nitrogens with one attached hydrogen (secondary N) is 2. The van der Waals surface area contributed by atoms with E-state index >= 15 is 0 Å². The molecule has 29 heavy (non-hydrogen) atoms. The molecule has 1 heterocycles. The minimum Gasteiger partial charge on any atom is -0.444 e. The van der Waals surface area contributed by atoms with Gasteiger partial charge in [-0.2, -0.15) is 0 Å². The predicted molar refractivity (Wildman–Crippen MR) is 105 cm³/mol. The van der Waals surface area contributed by atoms with Gasteiger partial charge >= 0.3 is 0 Å². The van der Waals surface area contributed by atoms with Crippen molar-refractivity contribution in [3.8, 4) is 11.5 Å².